The van der Waals surface area contributed by atoms with Gasteiger partial charge in [0.2, 0.25) is 11.8 Å². The van der Waals surface area contributed by atoms with Crippen LogP contribution >= 0.6 is 12.4 Å². The summed E-state index contributed by atoms with van der Waals surface area (Å²) in [6.07, 6.45) is 4.16. The Labute approximate surface area is 156 Å². The Hall–Kier alpha value is -1.59. The summed E-state index contributed by atoms with van der Waals surface area (Å²) >= 11 is 0. The van der Waals surface area contributed by atoms with Crippen LogP contribution in [-0.2, 0) is 9.59 Å². The van der Waals surface area contributed by atoms with Gasteiger partial charge in [-0.3, -0.25) is 9.59 Å². The first-order chi connectivity index (χ1) is 11.5. The van der Waals surface area contributed by atoms with E-state index in [0.717, 1.165) is 36.9 Å². The fourth-order valence-corrected chi connectivity index (χ4v) is 3.21. The van der Waals surface area contributed by atoms with Crippen molar-refractivity contribution in [1.29, 1.82) is 0 Å². The second kappa shape index (κ2) is 9.78. The lowest BCUT2D eigenvalue weighted by atomic mass is 9.84. The zero-order valence-corrected chi connectivity index (χ0v) is 16.2. The van der Waals surface area contributed by atoms with Gasteiger partial charge in [-0.25, -0.2) is 0 Å². The van der Waals surface area contributed by atoms with Crippen LogP contribution in [0.1, 0.15) is 43.2 Å². The second-order valence-corrected chi connectivity index (χ2v) is 6.87. The van der Waals surface area contributed by atoms with E-state index in [4.69, 9.17) is 0 Å². The molecule has 0 bridgehead atoms. The zero-order valence-electron chi connectivity index (χ0n) is 15.4. The van der Waals surface area contributed by atoms with Gasteiger partial charge in [0.1, 0.15) is 0 Å². The lowest BCUT2D eigenvalue weighted by Crippen LogP contribution is -2.44. The van der Waals surface area contributed by atoms with Crippen molar-refractivity contribution in [1.82, 2.24) is 10.6 Å². The van der Waals surface area contributed by atoms with Crippen molar-refractivity contribution in [3.63, 3.8) is 0 Å². The molecule has 25 heavy (non-hydrogen) atoms. The molecule has 140 valence electrons. The van der Waals surface area contributed by atoms with Crippen molar-refractivity contribution >= 4 is 29.9 Å². The summed E-state index contributed by atoms with van der Waals surface area (Å²) in [5.74, 6) is 0.0202. The van der Waals surface area contributed by atoms with Crippen LogP contribution in [0.15, 0.2) is 18.2 Å². The molecule has 0 unspecified atom stereocenters. The van der Waals surface area contributed by atoms with Crippen LogP contribution in [0, 0.1) is 19.3 Å². The van der Waals surface area contributed by atoms with Crippen molar-refractivity contribution in [2.45, 2.75) is 46.0 Å². The van der Waals surface area contributed by atoms with E-state index in [1.807, 2.05) is 32.2 Å². The van der Waals surface area contributed by atoms with Crippen LogP contribution in [0.3, 0.4) is 0 Å². The number of halogens is 1. The summed E-state index contributed by atoms with van der Waals surface area (Å²) in [5, 5.41) is 8.97. The van der Waals surface area contributed by atoms with Crippen molar-refractivity contribution in [2.75, 3.05) is 25.5 Å². The summed E-state index contributed by atoms with van der Waals surface area (Å²) < 4.78 is 0. The average molecular weight is 368 g/mol. The normalized spacial score (nSPS) is 15.3. The SMILES string of the molecule is CNCCC(=O)NCC1(C(=O)Nc2ccc(C)c(C)c2)CCCC1.Cl. The van der Waals surface area contributed by atoms with Gasteiger partial charge in [0, 0.05) is 25.2 Å². The van der Waals surface area contributed by atoms with Crippen LogP contribution in [0.5, 0.6) is 0 Å². The van der Waals surface area contributed by atoms with Crippen molar-refractivity contribution in [3.05, 3.63) is 29.3 Å². The Morgan fingerprint density at radius 1 is 1.12 bits per heavy atom. The number of aryl methyl sites for hydroxylation is 2. The minimum Gasteiger partial charge on any atom is -0.355 e. The molecular formula is C19H30ClN3O2. The van der Waals surface area contributed by atoms with Gasteiger partial charge < -0.3 is 16.0 Å². The van der Waals surface area contributed by atoms with Crippen LogP contribution in [0.25, 0.3) is 0 Å². The van der Waals surface area contributed by atoms with Gasteiger partial charge in [0.15, 0.2) is 0 Å². The molecule has 0 aromatic heterocycles. The Morgan fingerprint density at radius 2 is 1.80 bits per heavy atom. The van der Waals surface area contributed by atoms with Crippen LogP contribution in [0.4, 0.5) is 5.69 Å². The smallest absolute Gasteiger partial charge is 0.232 e. The van der Waals surface area contributed by atoms with Gasteiger partial charge in [-0.15, -0.1) is 12.4 Å². The Bertz CT molecular complexity index is 598. The molecule has 2 rings (SSSR count). The maximum absolute atomic E-state index is 12.9. The molecule has 1 fully saturated rings. The number of carbonyl (C=O) groups excluding carboxylic acids is 2. The van der Waals surface area contributed by atoms with Gasteiger partial charge in [0.05, 0.1) is 5.41 Å². The van der Waals surface area contributed by atoms with Gasteiger partial charge in [0.25, 0.3) is 0 Å². The quantitative estimate of drug-likeness (QED) is 0.693. The Kier molecular flexibility index (Phi) is 8.39. The molecule has 0 saturated heterocycles. The van der Waals surface area contributed by atoms with E-state index >= 15 is 0 Å². The zero-order chi connectivity index (χ0) is 17.6. The number of amides is 2. The van der Waals surface area contributed by atoms with Gasteiger partial charge in [-0.1, -0.05) is 18.9 Å². The molecule has 0 atom stereocenters. The first-order valence-electron chi connectivity index (χ1n) is 8.77. The lowest BCUT2D eigenvalue weighted by Gasteiger charge is -2.28. The third kappa shape index (κ3) is 5.72. The molecule has 1 aromatic carbocycles. The van der Waals surface area contributed by atoms with E-state index in [2.05, 4.69) is 22.9 Å². The number of benzene rings is 1. The number of rotatable bonds is 7. The fraction of sp³-hybridized carbons (Fsp3) is 0.579. The highest BCUT2D eigenvalue weighted by molar-refractivity contribution is 5.96. The minimum atomic E-state index is -0.478. The lowest BCUT2D eigenvalue weighted by molar-refractivity contribution is -0.126. The van der Waals surface area contributed by atoms with E-state index in [0.29, 0.717) is 19.5 Å². The standard InChI is InChI=1S/C19H29N3O2.ClH/c1-14-6-7-16(12-15(14)2)22-18(24)19(9-4-5-10-19)13-21-17(23)8-11-20-3;/h6-7,12,20H,4-5,8-11,13H2,1-3H3,(H,21,23)(H,22,24);1H. The molecule has 5 nitrogen and oxygen atoms in total. The monoisotopic (exact) mass is 367 g/mol. The number of nitrogens with one attached hydrogen (secondary N) is 3. The molecule has 1 aromatic rings. The summed E-state index contributed by atoms with van der Waals surface area (Å²) in [7, 11) is 1.82. The average Bonchev–Trinajstić information content (AvgIpc) is 3.04. The molecule has 1 saturated carbocycles. The second-order valence-electron chi connectivity index (χ2n) is 6.87. The molecule has 1 aliphatic carbocycles. The Morgan fingerprint density at radius 3 is 2.40 bits per heavy atom. The van der Waals surface area contributed by atoms with Crippen molar-refractivity contribution < 1.29 is 9.59 Å². The summed E-state index contributed by atoms with van der Waals surface area (Å²) in [6, 6.07) is 5.96. The van der Waals surface area contributed by atoms with E-state index in [1.54, 1.807) is 0 Å². The predicted molar refractivity (Wildman–Crippen MR) is 104 cm³/mol. The highest BCUT2D eigenvalue weighted by atomic mass is 35.5. The van der Waals surface area contributed by atoms with Gasteiger partial charge in [-0.05, 0) is 57.0 Å². The summed E-state index contributed by atoms with van der Waals surface area (Å²) in [6.45, 7) is 5.16. The molecule has 3 N–H and O–H groups in total. The molecule has 0 spiro atoms. The highest BCUT2D eigenvalue weighted by Crippen LogP contribution is 2.38. The predicted octanol–water partition coefficient (Wildman–Crippen LogP) is 2.95. The topological polar surface area (TPSA) is 70.2 Å². The number of anilines is 1. The third-order valence-corrected chi connectivity index (χ3v) is 5.03. The van der Waals surface area contributed by atoms with Crippen LogP contribution < -0.4 is 16.0 Å². The maximum Gasteiger partial charge on any atom is 0.232 e. The van der Waals surface area contributed by atoms with Gasteiger partial charge in [-0.2, -0.15) is 0 Å². The summed E-state index contributed by atoms with van der Waals surface area (Å²) in [4.78, 5) is 24.8. The third-order valence-electron chi connectivity index (χ3n) is 5.03. The number of carbonyl (C=O) groups is 2. The van der Waals surface area contributed by atoms with Crippen LogP contribution in [-0.4, -0.2) is 32.0 Å². The molecular weight excluding hydrogens is 338 g/mol. The molecule has 1 aliphatic rings. The van der Waals surface area contributed by atoms with E-state index in [1.165, 1.54) is 5.56 Å². The molecule has 0 radical (unpaired) electrons. The van der Waals surface area contributed by atoms with Gasteiger partial charge >= 0.3 is 0 Å². The van der Waals surface area contributed by atoms with E-state index in [9.17, 15) is 9.59 Å². The molecule has 0 aliphatic heterocycles. The van der Waals surface area contributed by atoms with E-state index in [-0.39, 0.29) is 24.2 Å². The largest absolute Gasteiger partial charge is 0.355 e. The van der Waals surface area contributed by atoms with E-state index < -0.39 is 5.41 Å². The van der Waals surface area contributed by atoms with Crippen LogP contribution in [0.2, 0.25) is 0 Å². The first kappa shape index (κ1) is 21.5. The number of hydrogen-bond acceptors (Lipinski definition) is 3. The van der Waals surface area contributed by atoms with Crippen molar-refractivity contribution in [3.8, 4) is 0 Å². The Balaban J connectivity index is 0.00000312. The number of hydrogen-bond donors (Lipinski definition) is 3. The first-order valence-corrected chi connectivity index (χ1v) is 8.77. The molecule has 6 heteroatoms. The highest BCUT2D eigenvalue weighted by Gasteiger charge is 2.41. The molecule has 0 heterocycles. The summed E-state index contributed by atoms with van der Waals surface area (Å²) in [5.41, 5.74) is 2.72. The minimum absolute atomic E-state index is 0. The molecule has 2 amide bonds. The maximum atomic E-state index is 12.9. The van der Waals surface area contributed by atoms with Crippen molar-refractivity contribution in [2.24, 2.45) is 5.41 Å². The fourth-order valence-electron chi connectivity index (χ4n) is 3.21.